The highest BCUT2D eigenvalue weighted by Crippen LogP contribution is 2.26. The fourth-order valence-corrected chi connectivity index (χ4v) is 2.68. The first kappa shape index (κ1) is 18.2. The second kappa shape index (κ2) is 6.76. The fourth-order valence-electron chi connectivity index (χ4n) is 1.91. The molecule has 0 aliphatic carbocycles. The van der Waals surface area contributed by atoms with Crippen LogP contribution in [0, 0.1) is 11.6 Å². The second-order valence-corrected chi connectivity index (χ2v) is 7.61. The lowest BCUT2D eigenvalue weighted by molar-refractivity contribution is -0.115. The summed E-state index contributed by atoms with van der Waals surface area (Å²) in [5.41, 5.74) is -0.373. The van der Waals surface area contributed by atoms with E-state index in [1.165, 1.54) is 10.7 Å². The van der Waals surface area contributed by atoms with Crippen molar-refractivity contribution < 1.29 is 13.6 Å². The van der Waals surface area contributed by atoms with E-state index in [1.54, 1.807) is 6.92 Å². The van der Waals surface area contributed by atoms with Crippen molar-refractivity contribution in [2.24, 2.45) is 0 Å². The van der Waals surface area contributed by atoms with Crippen LogP contribution in [0.5, 0.6) is 0 Å². The first-order chi connectivity index (χ1) is 11.1. The Hall–Kier alpha value is -2.16. The largest absolute Gasteiger partial charge is 0.336 e. The smallest absolute Gasteiger partial charge is 0.237 e. The van der Waals surface area contributed by atoms with Crippen LogP contribution in [0.1, 0.15) is 33.5 Å². The normalized spacial score (nSPS) is 12.9. The van der Waals surface area contributed by atoms with Crippen LogP contribution in [0.3, 0.4) is 0 Å². The van der Waals surface area contributed by atoms with Gasteiger partial charge in [0.1, 0.15) is 11.6 Å². The van der Waals surface area contributed by atoms with Crippen molar-refractivity contribution in [3.63, 3.8) is 0 Å². The third-order valence-electron chi connectivity index (χ3n) is 3.18. The Balaban J connectivity index is 2.08. The lowest BCUT2D eigenvalue weighted by Gasteiger charge is -2.17. The van der Waals surface area contributed by atoms with E-state index < -0.39 is 22.8 Å². The Morgan fingerprint density at radius 1 is 1.33 bits per heavy atom. The topological polar surface area (TPSA) is 85.8 Å². The zero-order valence-electron chi connectivity index (χ0n) is 13.8. The van der Waals surface area contributed by atoms with Crippen molar-refractivity contribution in [3.05, 3.63) is 35.7 Å². The van der Waals surface area contributed by atoms with E-state index in [2.05, 4.69) is 15.5 Å². The minimum absolute atomic E-state index is 0.0848. The molecular weight excluding hydrogens is 336 g/mol. The third-order valence-corrected chi connectivity index (χ3v) is 4.23. The molecule has 0 bridgehead atoms. The molecule has 2 rings (SSSR count). The van der Waals surface area contributed by atoms with Crippen molar-refractivity contribution in [3.8, 4) is 0 Å². The highest BCUT2D eigenvalue weighted by Gasteiger charge is 2.25. The molecule has 0 aliphatic heterocycles. The predicted molar refractivity (Wildman–Crippen MR) is 89.2 cm³/mol. The number of hydrogen-bond donors (Lipinski definition) is 2. The van der Waals surface area contributed by atoms with Gasteiger partial charge in [-0.25, -0.2) is 13.5 Å². The summed E-state index contributed by atoms with van der Waals surface area (Å²) in [6.45, 7) is 7.47. The molecule has 9 heteroatoms. The van der Waals surface area contributed by atoms with Gasteiger partial charge in [-0.05, 0) is 19.1 Å². The maximum absolute atomic E-state index is 13.6. The van der Waals surface area contributed by atoms with E-state index in [0.29, 0.717) is 17.0 Å². The van der Waals surface area contributed by atoms with Gasteiger partial charge < -0.3 is 11.2 Å². The minimum Gasteiger partial charge on any atom is -0.336 e. The standard InChI is InChI=1S/C15H19F2N5OS/c1-8(12(23)19-11-6-5-9(16)7-10(11)17)24-14-21-20-13(22(14)18)15(2,3)4/h5-8H,18H2,1-4H3,(H,19,23). The Bertz CT molecular complexity index is 757. The molecule has 1 amide bonds. The number of carbonyl (C=O) groups is 1. The Morgan fingerprint density at radius 2 is 2.00 bits per heavy atom. The number of nitrogens with one attached hydrogen (secondary N) is 1. The van der Waals surface area contributed by atoms with E-state index >= 15 is 0 Å². The number of nitrogens with two attached hydrogens (primary N) is 1. The number of anilines is 1. The van der Waals surface area contributed by atoms with E-state index in [0.717, 1.165) is 17.8 Å². The summed E-state index contributed by atoms with van der Waals surface area (Å²) in [5.74, 6) is 4.56. The highest BCUT2D eigenvalue weighted by atomic mass is 32.2. The van der Waals surface area contributed by atoms with E-state index in [4.69, 9.17) is 5.84 Å². The molecule has 0 aliphatic rings. The number of nitrogen functional groups attached to an aromatic ring is 1. The number of halogens is 2. The summed E-state index contributed by atoms with van der Waals surface area (Å²) < 4.78 is 27.8. The van der Waals surface area contributed by atoms with Gasteiger partial charge in [0.15, 0.2) is 5.82 Å². The average Bonchev–Trinajstić information content (AvgIpc) is 2.83. The van der Waals surface area contributed by atoms with Crippen LogP contribution >= 0.6 is 11.8 Å². The van der Waals surface area contributed by atoms with Crippen molar-refractivity contribution in [2.45, 2.75) is 43.5 Å². The van der Waals surface area contributed by atoms with Gasteiger partial charge in [-0.2, -0.15) is 0 Å². The highest BCUT2D eigenvalue weighted by molar-refractivity contribution is 8.00. The fraction of sp³-hybridized carbons (Fsp3) is 0.400. The van der Waals surface area contributed by atoms with Crippen LogP contribution in [-0.2, 0) is 10.2 Å². The predicted octanol–water partition coefficient (Wildman–Crippen LogP) is 2.69. The summed E-state index contributed by atoms with van der Waals surface area (Å²) >= 11 is 1.10. The number of rotatable bonds is 4. The quantitative estimate of drug-likeness (QED) is 0.650. The number of amides is 1. The van der Waals surface area contributed by atoms with Gasteiger partial charge in [-0.15, -0.1) is 10.2 Å². The molecule has 24 heavy (non-hydrogen) atoms. The average molecular weight is 355 g/mol. The molecule has 0 radical (unpaired) electrons. The van der Waals surface area contributed by atoms with Crippen LogP contribution in [0.15, 0.2) is 23.4 Å². The van der Waals surface area contributed by atoms with Gasteiger partial charge in [0.25, 0.3) is 0 Å². The second-order valence-electron chi connectivity index (χ2n) is 6.30. The molecule has 3 N–H and O–H groups in total. The van der Waals surface area contributed by atoms with Gasteiger partial charge in [-0.3, -0.25) is 4.79 Å². The third kappa shape index (κ3) is 4.02. The summed E-state index contributed by atoms with van der Waals surface area (Å²) in [6.07, 6.45) is 0. The van der Waals surface area contributed by atoms with E-state index in [-0.39, 0.29) is 11.1 Å². The SMILES string of the molecule is CC(Sc1nnc(C(C)(C)C)n1N)C(=O)Nc1ccc(F)cc1F. The molecule has 1 atom stereocenters. The molecule has 130 valence electrons. The molecular formula is C15H19F2N5OS. The Kier molecular flexibility index (Phi) is 5.12. The minimum atomic E-state index is -0.836. The van der Waals surface area contributed by atoms with Crippen LogP contribution in [0.25, 0.3) is 0 Å². The van der Waals surface area contributed by atoms with Gasteiger partial charge in [-0.1, -0.05) is 32.5 Å². The first-order valence-electron chi connectivity index (χ1n) is 7.23. The lowest BCUT2D eigenvalue weighted by atomic mass is 9.96. The molecule has 0 spiro atoms. The monoisotopic (exact) mass is 355 g/mol. The maximum atomic E-state index is 13.6. The Morgan fingerprint density at radius 3 is 2.54 bits per heavy atom. The number of carbonyl (C=O) groups excluding carboxylic acids is 1. The number of aromatic nitrogens is 3. The molecule has 0 saturated heterocycles. The van der Waals surface area contributed by atoms with E-state index in [1.807, 2.05) is 20.8 Å². The molecule has 1 aromatic heterocycles. The summed E-state index contributed by atoms with van der Waals surface area (Å²) in [4.78, 5) is 12.2. The summed E-state index contributed by atoms with van der Waals surface area (Å²) in [5, 5.41) is 10.2. The zero-order chi connectivity index (χ0) is 18.1. The van der Waals surface area contributed by atoms with Crippen molar-refractivity contribution in [2.75, 3.05) is 11.2 Å². The van der Waals surface area contributed by atoms with Crippen LogP contribution < -0.4 is 11.2 Å². The summed E-state index contributed by atoms with van der Waals surface area (Å²) in [6, 6.07) is 2.95. The summed E-state index contributed by atoms with van der Waals surface area (Å²) in [7, 11) is 0. The van der Waals surface area contributed by atoms with Crippen molar-refractivity contribution in [1.29, 1.82) is 0 Å². The number of benzene rings is 1. The van der Waals surface area contributed by atoms with Crippen LogP contribution in [-0.4, -0.2) is 26.0 Å². The number of hydrogen-bond acceptors (Lipinski definition) is 5. The van der Waals surface area contributed by atoms with Crippen LogP contribution in [0.4, 0.5) is 14.5 Å². The van der Waals surface area contributed by atoms with Crippen molar-refractivity contribution in [1.82, 2.24) is 14.9 Å². The molecule has 6 nitrogen and oxygen atoms in total. The zero-order valence-corrected chi connectivity index (χ0v) is 14.6. The molecule has 1 heterocycles. The van der Waals surface area contributed by atoms with Gasteiger partial charge in [0.2, 0.25) is 11.1 Å². The molecule has 0 saturated carbocycles. The number of nitrogens with zero attached hydrogens (tertiary/aromatic N) is 3. The van der Waals surface area contributed by atoms with Crippen LogP contribution in [0.2, 0.25) is 0 Å². The maximum Gasteiger partial charge on any atom is 0.237 e. The van der Waals surface area contributed by atoms with Crippen molar-refractivity contribution >= 4 is 23.4 Å². The Labute approximate surface area is 142 Å². The lowest BCUT2D eigenvalue weighted by Crippen LogP contribution is -2.26. The van der Waals surface area contributed by atoms with Gasteiger partial charge in [0.05, 0.1) is 10.9 Å². The molecule has 1 unspecified atom stereocenters. The van der Waals surface area contributed by atoms with Gasteiger partial charge >= 0.3 is 0 Å². The molecule has 2 aromatic rings. The van der Waals surface area contributed by atoms with Gasteiger partial charge in [0, 0.05) is 11.5 Å². The molecule has 1 aromatic carbocycles. The molecule has 0 fully saturated rings. The first-order valence-corrected chi connectivity index (χ1v) is 8.11. The van der Waals surface area contributed by atoms with E-state index in [9.17, 15) is 13.6 Å². The number of thioether (sulfide) groups is 1.